The first kappa shape index (κ1) is 24.2. The third kappa shape index (κ3) is 6.23. The van der Waals surface area contributed by atoms with Gasteiger partial charge in [0.2, 0.25) is 0 Å². The highest BCUT2D eigenvalue weighted by atomic mass is 16.6. The molecule has 33 heavy (non-hydrogen) atoms. The van der Waals surface area contributed by atoms with Gasteiger partial charge in [0.25, 0.3) is 5.69 Å². The number of nitrogens with zero attached hydrogens (tertiary/aromatic N) is 5. The summed E-state index contributed by atoms with van der Waals surface area (Å²) in [6.45, 7) is 9.21. The Morgan fingerprint density at radius 2 is 1.82 bits per heavy atom. The molecule has 0 amide bonds. The lowest BCUT2D eigenvalue weighted by Crippen LogP contribution is -2.06. The molecule has 11 nitrogen and oxygen atoms in total. The molecule has 0 bridgehead atoms. The summed E-state index contributed by atoms with van der Waals surface area (Å²) in [5, 5.41) is 53.1. The number of aliphatic hydroxyl groups excluding tert-OH is 1. The van der Waals surface area contributed by atoms with E-state index in [0.29, 0.717) is 29.9 Å². The molecule has 2 aromatic carbocycles. The summed E-state index contributed by atoms with van der Waals surface area (Å²) in [7, 11) is 0. The van der Waals surface area contributed by atoms with E-state index in [1.54, 1.807) is 25.1 Å². The standard InChI is InChI=1S/C22H19N7O4/c1-13(2)26-20-9-19(25-5-4-14(3)31)17(12-30)8-21(20)27-28-22-15(10-23)6-18(29(32)33)7-16(22)11-24/h6-9,12,25-26,31H,1,3-5H2,2H3. The van der Waals surface area contributed by atoms with Gasteiger partial charge in [0, 0.05) is 42.0 Å². The zero-order chi connectivity index (χ0) is 24.5. The monoisotopic (exact) mass is 445 g/mol. The van der Waals surface area contributed by atoms with E-state index in [1.807, 2.05) is 0 Å². The first-order valence-corrected chi connectivity index (χ1v) is 9.40. The van der Waals surface area contributed by atoms with E-state index in [9.17, 15) is 30.5 Å². The van der Waals surface area contributed by atoms with E-state index in [-0.39, 0.29) is 40.2 Å². The first-order chi connectivity index (χ1) is 15.7. The number of nitro benzene ring substituents is 1. The van der Waals surface area contributed by atoms with Crippen LogP contribution in [0.3, 0.4) is 0 Å². The Balaban J connectivity index is 2.58. The van der Waals surface area contributed by atoms with Gasteiger partial charge in [-0.15, -0.1) is 10.2 Å². The topological polar surface area (TPSA) is 177 Å². The fourth-order valence-electron chi connectivity index (χ4n) is 2.72. The molecule has 0 spiro atoms. The number of non-ortho nitro benzene ring substituents is 1. The van der Waals surface area contributed by atoms with Crippen molar-refractivity contribution < 1.29 is 14.8 Å². The highest BCUT2D eigenvalue weighted by Gasteiger charge is 2.17. The van der Waals surface area contributed by atoms with Gasteiger partial charge >= 0.3 is 0 Å². The number of hydrogen-bond donors (Lipinski definition) is 3. The van der Waals surface area contributed by atoms with Crippen molar-refractivity contribution in [2.75, 3.05) is 17.2 Å². The van der Waals surface area contributed by atoms with E-state index in [4.69, 9.17) is 0 Å². The predicted octanol–water partition coefficient (Wildman–Crippen LogP) is 5.39. The summed E-state index contributed by atoms with van der Waals surface area (Å²) in [5.74, 6) is -0.00875. The van der Waals surface area contributed by atoms with Crippen LogP contribution in [-0.4, -0.2) is 22.9 Å². The van der Waals surface area contributed by atoms with Gasteiger partial charge in [-0.25, -0.2) is 0 Å². The lowest BCUT2D eigenvalue weighted by Gasteiger charge is -2.14. The van der Waals surface area contributed by atoms with Crippen molar-refractivity contribution in [1.82, 2.24) is 0 Å². The molecule has 0 aliphatic heterocycles. The molecule has 0 atom stereocenters. The Kier molecular flexibility index (Phi) is 7.96. The first-order valence-electron chi connectivity index (χ1n) is 9.40. The summed E-state index contributed by atoms with van der Waals surface area (Å²) in [6.07, 6.45) is 0.879. The molecule has 2 aromatic rings. The molecule has 0 saturated carbocycles. The van der Waals surface area contributed by atoms with E-state index in [2.05, 4.69) is 34.0 Å². The van der Waals surface area contributed by atoms with Crippen molar-refractivity contribution in [3.8, 4) is 12.1 Å². The van der Waals surface area contributed by atoms with Crippen LogP contribution in [-0.2, 0) is 0 Å². The smallest absolute Gasteiger partial charge is 0.272 e. The van der Waals surface area contributed by atoms with Crippen LogP contribution in [0.15, 0.2) is 59.1 Å². The number of nitro groups is 1. The highest BCUT2D eigenvalue weighted by Crippen LogP contribution is 2.35. The molecule has 0 fully saturated rings. The average molecular weight is 445 g/mol. The SMILES string of the molecule is C=C(O)CCNc1cc(NC(=C)C)c(N=Nc2c(C#N)cc([N+](=O)[O-])cc2C#N)cc1C=O. The quantitative estimate of drug-likeness (QED) is 0.143. The summed E-state index contributed by atoms with van der Waals surface area (Å²) in [4.78, 5) is 22.0. The number of azo groups is 1. The Morgan fingerprint density at radius 1 is 1.18 bits per heavy atom. The van der Waals surface area contributed by atoms with Gasteiger partial charge in [-0.05, 0) is 19.1 Å². The molecule has 0 aromatic heterocycles. The number of carbonyl (C=O) groups is 1. The average Bonchev–Trinajstić information content (AvgIpc) is 2.77. The number of rotatable bonds is 10. The number of anilines is 2. The van der Waals surface area contributed by atoms with E-state index < -0.39 is 10.6 Å². The predicted molar refractivity (Wildman–Crippen MR) is 122 cm³/mol. The third-order valence-corrected chi connectivity index (χ3v) is 4.18. The fraction of sp³-hybridized carbons (Fsp3) is 0.136. The minimum Gasteiger partial charge on any atom is -0.513 e. The zero-order valence-electron chi connectivity index (χ0n) is 17.6. The molecule has 0 radical (unpaired) electrons. The van der Waals surface area contributed by atoms with Crippen LogP contribution in [0, 0.1) is 32.8 Å². The minimum atomic E-state index is -0.717. The van der Waals surface area contributed by atoms with Crippen LogP contribution >= 0.6 is 0 Å². The van der Waals surface area contributed by atoms with E-state index in [0.717, 1.165) is 12.1 Å². The lowest BCUT2D eigenvalue weighted by atomic mass is 10.1. The summed E-state index contributed by atoms with van der Waals surface area (Å²) in [5.41, 5.74) is 0.924. The number of aliphatic hydroxyl groups is 1. The second-order valence-electron chi connectivity index (χ2n) is 6.79. The Morgan fingerprint density at radius 3 is 2.30 bits per heavy atom. The van der Waals surface area contributed by atoms with Gasteiger partial charge in [0.1, 0.15) is 23.5 Å². The van der Waals surface area contributed by atoms with Gasteiger partial charge in [-0.3, -0.25) is 14.9 Å². The molecule has 0 aliphatic rings. The van der Waals surface area contributed by atoms with Gasteiger partial charge in [-0.2, -0.15) is 10.5 Å². The molecule has 0 heterocycles. The van der Waals surface area contributed by atoms with Crippen LogP contribution in [0.25, 0.3) is 0 Å². The molecule has 11 heteroatoms. The number of nitrogens with one attached hydrogen (secondary N) is 2. The van der Waals surface area contributed by atoms with Crippen LogP contribution < -0.4 is 10.6 Å². The fourth-order valence-corrected chi connectivity index (χ4v) is 2.72. The number of nitriles is 2. The largest absolute Gasteiger partial charge is 0.513 e. The molecule has 2 rings (SSSR count). The maximum absolute atomic E-state index is 11.6. The summed E-state index contributed by atoms with van der Waals surface area (Å²) < 4.78 is 0. The molecular weight excluding hydrogens is 426 g/mol. The third-order valence-electron chi connectivity index (χ3n) is 4.18. The van der Waals surface area contributed by atoms with Crippen molar-refractivity contribution in [2.45, 2.75) is 13.3 Å². The van der Waals surface area contributed by atoms with E-state index >= 15 is 0 Å². The van der Waals surface area contributed by atoms with Crippen LogP contribution in [0.2, 0.25) is 0 Å². The van der Waals surface area contributed by atoms with Crippen LogP contribution in [0.4, 0.5) is 28.4 Å². The second kappa shape index (κ2) is 10.8. The molecule has 166 valence electrons. The maximum atomic E-state index is 11.6. The molecular formula is C22H19N7O4. The molecule has 0 unspecified atom stereocenters. The second-order valence-corrected chi connectivity index (χ2v) is 6.79. The van der Waals surface area contributed by atoms with E-state index in [1.165, 1.54) is 6.07 Å². The highest BCUT2D eigenvalue weighted by molar-refractivity contribution is 5.90. The number of hydrogen-bond acceptors (Lipinski definition) is 10. The van der Waals surface area contributed by atoms with Gasteiger partial charge in [-0.1, -0.05) is 13.2 Å². The number of aldehydes is 1. The van der Waals surface area contributed by atoms with Crippen molar-refractivity contribution >= 4 is 34.7 Å². The number of allylic oxidation sites excluding steroid dienone is 1. The van der Waals surface area contributed by atoms with Crippen molar-refractivity contribution in [1.29, 1.82) is 10.5 Å². The number of benzene rings is 2. The lowest BCUT2D eigenvalue weighted by molar-refractivity contribution is -0.384. The molecule has 0 saturated heterocycles. The van der Waals surface area contributed by atoms with Gasteiger partial charge < -0.3 is 15.7 Å². The molecule has 3 N–H and O–H groups in total. The minimum absolute atomic E-state index is 0.00875. The Labute approximate surface area is 189 Å². The van der Waals surface area contributed by atoms with Gasteiger partial charge in [0.15, 0.2) is 6.29 Å². The zero-order valence-corrected chi connectivity index (χ0v) is 17.6. The van der Waals surface area contributed by atoms with Crippen LogP contribution in [0.1, 0.15) is 34.8 Å². The van der Waals surface area contributed by atoms with Gasteiger partial charge in [0.05, 0.1) is 27.5 Å². The summed E-state index contributed by atoms with van der Waals surface area (Å²) in [6, 6.07) is 8.59. The Bertz CT molecular complexity index is 1220. The van der Waals surface area contributed by atoms with Crippen molar-refractivity contribution in [2.24, 2.45) is 10.2 Å². The Hall–Kier alpha value is -5.03. The van der Waals surface area contributed by atoms with Crippen molar-refractivity contribution in [3.05, 3.63) is 75.7 Å². The van der Waals surface area contributed by atoms with Crippen molar-refractivity contribution in [3.63, 3.8) is 0 Å². The number of carbonyl (C=O) groups excluding carboxylic acids is 1. The maximum Gasteiger partial charge on any atom is 0.272 e. The summed E-state index contributed by atoms with van der Waals surface area (Å²) >= 11 is 0. The normalized spacial score (nSPS) is 10.2. The molecule has 0 aliphatic carbocycles. The van der Waals surface area contributed by atoms with Crippen LogP contribution in [0.5, 0.6) is 0 Å².